The van der Waals surface area contributed by atoms with Gasteiger partial charge in [0.1, 0.15) is 5.82 Å². The Morgan fingerprint density at radius 2 is 2.12 bits per heavy atom. The number of halogens is 1. The van der Waals surface area contributed by atoms with E-state index in [-0.39, 0.29) is 11.9 Å². The van der Waals surface area contributed by atoms with Crippen molar-refractivity contribution in [1.82, 2.24) is 4.90 Å². The van der Waals surface area contributed by atoms with Crippen molar-refractivity contribution >= 4 is 0 Å². The van der Waals surface area contributed by atoms with Crippen LogP contribution in [0.25, 0.3) is 0 Å². The molecule has 0 bridgehead atoms. The molecule has 0 heterocycles. The molecule has 0 amide bonds. The van der Waals surface area contributed by atoms with Gasteiger partial charge in [-0.15, -0.1) is 0 Å². The second kappa shape index (κ2) is 7.41. The molecule has 0 aromatic heterocycles. The van der Waals surface area contributed by atoms with Crippen molar-refractivity contribution in [3.8, 4) is 0 Å². The fraction of sp³-hybridized carbons (Fsp3) is 0.571. The monoisotopic (exact) mass is 238 g/mol. The van der Waals surface area contributed by atoms with Gasteiger partial charge in [-0.1, -0.05) is 32.4 Å². The first-order valence-electron chi connectivity index (χ1n) is 6.40. The van der Waals surface area contributed by atoms with E-state index in [0.29, 0.717) is 0 Å². The van der Waals surface area contributed by atoms with Crippen LogP contribution in [0.15, 0.2) is 24.3 Å². The van der Waals surface area contributed by atoms with Crippen LogP contribution in [0, 0.1) is 5.82 Å². The zero-order valence-electron chi connectivity index (χ0n) is 10.8. The molecule has 1 rings (SSSR count). The molecular weight excluding hydrogens is 215 g/mol. The van der Waals surface area contributed by atoms with E-state index in [1.165, 1.54) is 25.0 Å². The first kappa shape index (κ1) is 14.1. The van der Waals surface area contributed by atoms with Crippen molar-refractivity contribution in [3.05, 3.63) is 35.6 Å². The van der Waals surface area contributed by atoms with Crippen LogP contribution in [0.5, 0.6) is 0 Å². The highest BCUT2D eigenvalue weighted by atomic mass is 19.1. The lowest BCUT2D eigenvalue weighted by atomic mass is 10.1. The number of nitrogens with zero attached hydrogens (tertiary/aromatic N) is 1. The van der Waals surface area contributed by atoms with Crippen LogP contribution in [-0.2, 0) is 0 Å². The standard InChI is InChI=1S/C14H23FN2/c1-3-5-9-17(4-2)11-14(16)12-7-6-8-13(15)10-12/h6-8,10,14H,3-5,9,11,16H2,1-2H3. The van der Waals surface area contributed by atoms with Gasteiger partial charge in [0.2, 0.25) is 0 Å². The van der Waals surface area contributed by atoms with Gasteiger partial charge in [0.25, 0.3) is 0 Å². The van der Waals surface area contributed by atoms with E-state index in [9.17, 15) is 4.39 Å². The van der Waals surface area contributed by atoms with Gasteiger partial charge in [0.05, 0.1) is 0 Å². The smallest absolute Gasteiger partial charge is 0.123 e. The molecule has 0 saturated carbocycles. The Balaban J connectivity index is 2.54. The molecule has 0 spiro atoms. The largest absolute Gasteiger partial charge is 0.323 e. The number of likely N-dealkylation sites (N-methyl/N-ethyl adjacent to an activating group) is 1. The number of benzene rings is 1. The summed E-state index contributed by atoms with van der Waals surface area (Å²) in [7, 11) is 0. The molecule has 1 unspecified atom stereocenters. The third-order valence-electron chi connectivity index (χ3n) is 3.01. The van der Waals surface area contributed by atoms with Crippen LogP contribution >= 0.6 is 0 Å². The maximum Gasteiger partial charge on any atom is 0.123 e. The first-order chi connectivity index (χ1) is 8.17. The van der Waals surface area contributed by atoms with Crippen molar-refractivity contribution in [2.45, 2.75) is 32.7 Å². The van der Waals surface area contributed by atoms with Gasteiger partial charge in [0.15, 0.2) is 0 Å². The molecule has 1 aromatic rings. The van der Waals surface area contributed by atoms with Crippen molar-refractivity contribution in [2.24, 2.45) is 5.73 Å². The summed E-state index contributed by atoms with van der Waals surface area (Å²) in [5.41, 5.74) is 6.98. The minimum Gasteiger partial charge on any atom is -0.323 e. The fourth-order valence-electron chi connectivity index (χ4n) is 1.88. The normalized spacial score (nSPS) is 13.0. The highest BCUT2D eigenvalue weighted by Crippen LogP contribution is 2.13. The summed E-state index contributed by atoms with van der Waals surface area (Å²) in [6.07, 6.45) is 2.37. The molecule has 0 saturated heterocycles. The maximum atomic E-state index is 13.1. The molecule has 1 aromatic carbocycles. The quantitative estimate of drug-likeness (QED) is 0.791. The van der Waals surface area contributed by atoms with Crippen molar-refractivity contribution in [1.29, 1.82) is 0 Å². The van der Waals surface area contributed by atoms with E-state index in [4.69, 9.17) is 5.73 Å². The van der Waals surface area contributed by atoms with Crippen molar-refractivity contribution in [3.63, 3.8) is 0 Å². The SMILES string of the molecule is CCCCN(CC)CC(N)c1cccc(F)c1. The average molecular weight is 238 g/mol. The van der Waals surface area contributed by atoms with Gasteiger partial charge in [0, 0.05) is 12.6 Å². The summed E-state index contributed by atoms with van der Waals surface area (Å²) in [5.74, 6) is -0.213. The predicted octanol–water partition coefficient (Wildman–Crippen LogP) is 2.95. The molecule has 0 fully saturated rings. The van der Waals surface area contributed by atoms with Crippen molar-refractivity contribution < 1.29 is 4.39 Å². The minimum atomic E-state index is -0.213. The molecule has 2 nitrogen and oxygen atoms in total. The Morgan fingerprint density at radius 3 is 2.71 bits per heavy atom. The second-order valence-corrected chi connectivity index (χ2v) is 4.41. The second-order valence-electron chi connectivity index (χ2n) is 4.41. The predicted molar refractivity (Wildman–Crippen MR) is 70.4 cm³/mol. The summed E-state index contributed by atoms with van der Waals surface area (Å²) < 4.78 is 13.1. The zero-order chi connectivity index (χ0) is 12.7. The molecule has 96 valence electrons. The highest BCUT2D eigenvalue weighted by molar-refractivity contribution is 5.20. The Labute approximate surface area is 104 Å². The average Bonchev–Trinajstić information content (AvgIpc) is 2.34. The minimum absolute atomic E-state index is 0.109. The van der Waals surface area contributed by atoms with E-state index in [1.807, 2.05) is 6.07 Å². The molecular formula is C14H23FN2. The number of hydrogen-bond acceptors (Lipinski definition) is 2. The fourth-order valence-corrected chi connectivity index (χ4v) is 1.88. The highest BCUT2D eigenvalue weighted by Gasteiger charge is 2.11. The Morgan fingerprint density at radius 1 is 1.35 bits per heavy atom. The van der Waals surface area contributed by atoms with Gasteiger partial charge in [-0.05, 0) is 37.2 Å². The number of unbranched alkanes of at least 4 members (excludes halogenated alkanes) is 1. The molecule has 17 heavy (non-hydrogen) atoms. The van der Waals surface area contributed by atoms with Gasteiger partial charge >= 0.3 is 0 Å². The van der Waals surface area contributed by atoms with E-state index in [1.54, 1.807) is 6.07 Å². The Bertz CT molecular complexity index is 328. The van der Waals surface area contributed by atoms with E-state index < -0.39 is 0 Å². The van der Waals surface area contributed by atoms with Gasteiger partial charge < -0.3 is 10.6 Å². The summed E-state index contributed by atoms with van der Waals surface area (Å²) in [6.45, 7) is 7.16. The zero-order valence-corrected chi connectivity index (χ0v) is 10.8. The Kier molecular flexibility index (Phi) is 6.16. The lowest BCUT2D eigenvalue weighted by Crippen LogP contribution is -2.32. The van der Waals surface area contributed by atoms with E-state index in [0.717, 1.165) is 25.2 Å². The van der Waals surface area contributed by atoms with Crippen LogP contribution in [0.1, 0.15) is 38.3 Å². The topological polar surface area (TPSA) is 29.3 Å². The Hall–Kier alpha value is -0.930. The van der Waals surface area contributed by atoms with Crippen LogP contribution in [0.2, 0.25) is 0 Å². The van der Waals surface area contributed by atoms with Crippen LogP contribution in [0.4, 0.5) is 4.39 Å². The lowest BCUT2D eigenvalue weighted by Gasteiger charge is -2.24. The lowest BCUT2D eigenvalue weighted by molar-refractivity contribution is 0.266. The van der Waals surface area contributed by atoms with Gasteiger partial charge in [-0.3, -0.25) is 0 Å². The third kappa shape index (κ3) is 4.84. The van der Waals surface area contributed by atoms with Crippen LogP contribution in [0.3, 0.4) is 0 Å². The van der Waals surface area contributed by atoms with Crippen LogP contribution < -0.4 is 5.73 Å². The summed E-state index contributed by atoms with van der Waals surface area (Å²) >= 11 is 0. The van der Waals surface area contributed by atoms with E-state index in [2.05, 4.69) is 18.7 Å². The number of rotatable bonds is 7. The van der Waals surface area contributed by atoms with E-state index >= 15 is 0 Å². The number of hydrogen-bond donors (Lipinski definition) is 1. The van der Waals surface area contributed by atoms with Crippen molar-refractivity contribution in [2.75, 3.05) is 19.6 Å². The summed E-state index contributed by atoms with van der Waals surface area (Å²) in [5, 5.41) is 0. The number of nitrogens with two attached hydrogens (primary N) is 1. The van der Waals surface area contributed by atoms with Gasteiger partial charge in [-0.2, -0.15) is 0 Å². The molecule has 1 atom stereocenters. The molecule has 2 N–H and O–H groups in total. The molecule has 0 aliphatic carbocycles. The molecule has 0 radical (unpaired) electrons. The van der Waals surface area contributed by atoms with Crippen LogP contribution in [-0.4, -0.2) is 24.5 Å². The third-order valence-corrected chi connectivity index (χ3v) is 3.01. The molecule has 0 aliphatic rings. The maximum absolute atomic E-state index is 13.1. The molecule has 0 aliphatic heterocycles. The molecule has 3 heteroatoms. The summed E-state index contributed by atoms with van der Waals surface area (Å²) in [4.78, 5) is 2.32. The van der Waals surface area contributed by atoms with Gasteiger partial charge in [-0.25, -0.2) is 4.39 Å². The first-order valence-corrected chi connectivity index (χ1v) is 6.40. The summed E-state index contributed by atoms with van der Waals surface area (Å²) in [6, 6.07) is 6.47.